The summed E-state index contributed by atoms with van der Waals surface area (Å²) in [6.45, 7) is 2.24. The van der Waals surface area contributed by atoms with Gasteiger partial charge >= 0.3 is 0 Å². The molecule has 0 saturated carbocycles. The van der Waals surface area contributed by atoms with Gasteiger partial charge in [0.2, 0.25) is 0 Å². The topological polar surface area (TPSA) is 55.8 Å². The maximum atomic E-state index is 13.2. The fourth-order valence-corrected chi connectivity index (χ4v) is 3.76. The van der Waals surface area contributed by atoms with E-state index in [-0.39, 0.29) is 16.5 Å². The number of rotatable bonds is 6. The lowest BCUT2D eigenvalue weighted by Gasteiger charge is -2.14. The zero-order chi connectivity index (χ0) is 20.3. The maximum absolute atomic E-state index is 13.2. The van der Waals surface area contributed by atoms with Gasteiger partial charge in [-0.15, -0.1) is 0 Å². The molecule has 0 aromatic heterocycles. The number of imide groups is 1. The second-order valence-corrected chi connectivity index (χ2v) is 7.22. The lowest BCUT2D eigenvalue weighted by molar-refractivity contribution is -0.123. The first-order chi connectivity index (χ1) is 13.4. The fourth-order valence-electron chi connectivity index (χ4n) is 2.70. The third kappa shape index (κ3) is 4.15. The molecular weight excluding hydrogens is 405 g/mol. The van der Waals surface area contributed by atoms with Gasteiger partial charge in [-0.1, -0.05) is 29.8 Å². The number of benzene rings is 2. The molecule has 0 spiro atoms. The van der Waals surface area contributed by atoms with Crippen LogP contribution in [0, 0.1) is 5.82 Å². The van der Waals surface area contributed by atoms with Crippen molar-refractivity contribution in [2.45, 2.75) is 13.5 Å². The molecule has 8 heteroatoms. The summed E-state index contributed by atoms with van der Waals surface area (Å²) in [4.78, 5) is 26.5. The molecule has 0 N–H and O–H groups in total. The second kappa shape index (κ2) is 8.67. The molecule has 1 saturated heterocycles. The van der Waals surface area contributed by atoms with Gasteiger partial charge in [-0.25, -0.2) is 4.39 Å². The van der Waals surface area contributed by atoms with Gasteiger partial charge in [0.1, 0.15) is 5.82 Å². The van der Waals surface area contributed by atoms with Gasteiger partial charge in [0.05, 0.1) is 25.2 Å². The number of methoxy groups -OCH3 is 1. The van der Waals surface area contributed by atoms with E-state index in [9.17, 15) is 14.0 Å². The van der Waals surface area contributed by atoms with Crippen LogP contribution >= 0.6 is 23.4 Å². The number of carbonyl (C=O) groups is 2. The van der Waals surface area contributed by atoms with Crippen molar-refractivity contribution in [1.29, 1.82) is 0 Å². The van der Waals surface area contributed by atoms with E-state index in [4.69, 9.17) is 21.1 Å². The Balaban J connectivity index is 1.89. The molecule has 146 valence electrons. The highest BCUT2D eigenvalue weighted by Crippen LogP contribution is 2.38. The molecule has 0 aliphatic carbocycles. The Hall–Kier alpha value is -2.51. The van der Waals surface area contributed by atoms with E-state index in [0.29, 0.717) is 29.2 Å². The van der Waals surface area contributed by atoms with E-state index >= 15 is 0 Å². The van der Waals surface area contributed by atoms with Crippen LogP contribution in [0.25, 0.3) is 6.08 Å². The highest BCUT2D eigenvalue weighted by Gasteiger charge is 2.35. The van der Waals surface area contributed by atoms with Crippen LogP contribution < -0.4 is 9.47 Å². The van der Waals surface area contributed by atoms with Crippen molar-refractivity contribution in [1.82, 2.24) is 4.90 Å². The zero-order valence-corrected chi connectivity index (χ0v) is 16.8. The Morgan fingerprint density at radius 1 is 1.25 bits per heavy atom. The maximum Gasteiger partial charge on any atom is 0.293 e. The molecule has 0 radical (unpaired) electrons. The average Bonchev–Trinajstić information content (AvgIpc) is 2.92. The van der Waals surface area contributed by atoms with E-state index in [2.05, 4.69) is 0 Å². The van der Waals surface area contributed by atoms with Crippen LogP contribution in [0.15, 0.2) is 41.3 Å². The highest BCUT2D eigenvalue weighted by atomic mass is 35.5. The normalized spacial score (nSPS) is 15.4. The van der Waals surface area contributed by atoms with E-state index in [1.165, 1.54) is 19.2 Å². The third-order valence-corrected chi connectivity index (χ3v) is 5.28. The van der Waals surface area contributed by atoms with Crippen molar-refractivity contribution in [3.05, 3.63) is 63.3 Å². The second-order valence-electron chi connectivity index (χ2n) is 5.82. The number of carbonyl (C=O) groups excluding carboxylic acids is 2. The summed E-state index contributed by atoms with van der Waals surface area (Å²) in [5.74, 6) is 0.110. The number of amides is 2. The molecule has 1 aliphatic rings. The lowest BCUT2D eigenvalue weighted by Crippen LogP contribution is -2.27. The van der Waals surface area contributed by atoms with Crippen molar-refractivity contribution in [2.24, 2.45) is 0 Å². The van der Waals surface area contributed by atoms with Gasteiger partial charge < -0.3 is 9.47 Å². The lowest BCUT2D eigenvalue weighted by atomic mass is 10.1. The third-order valence-electron chi connectivity index (χ3n) is 4.02. The molecular formula is C20H17ClFNO4S. The predicted molar refractivity (Wildman–Crippen MR) is 107 cm³/mol. The van der Waals surface area contributed by atoms with Crippen LogP contribution in [0.2, 0.25) is 5.02 Å². The molecule has 3 rings (SSSR count). The van der Waals surface area contributed by atoms with Crippen molar-refractivity contribution in [3.63, 3.8) is 0 Å². The Morgan fingerprint density at radius 3 is 2.71 bits per heavy atom. The number of thioether (sulfide) groups is 1. The number of hydrogen-bond acceptors (Lipinski definition) is 5. The van der Waals surface area contributed by atoms with E-state index in [0.717, 1.165) is 22.7 Å². The molecule has 0 bridgehead atoms. The van der Waals surface area contributed by atoms with Crippen LogP contribution in [-0.2, 0) is 11.3 Å². The minimum atomic E-state index is -0.482. The SMILES string of the molecule is CCOc1c(/C=C2\SC(=O)N(Cc3ccc(F)cc3Cl)C2=O)cccc1OC. The van der Waals surface area contributed by atoms with Gasteiger partial charge in [-0.05, 0) is 48.5 Å². The van der Waals surface area contributed by atoms with E-state index < -0.39 is 17.0 Å². The van der Waals surface area contributed by atoms with Crippen LogP contribution in [0.3, 0.4) is 0 Å². The van der Waals surface area contributed by atoms with Crippen molar-refractivity contribution in [3.8, 4) is 11.5 Å². The van der Waals surface area contributed by atoms with Crippen LogP contribution in [-0.4, -0.2) is 29.8 Å². The van der Waals surface area contributed by atoms with Gasteiger partial charge in [-0.2, -0.15) is 0 Å². The molecule has 1 heterocycles. The zero-order valence-electron chi connectivity index (χ0n) is 15.2. The Morgan fingerprint density at radius 2 is 2.04 bits per heavy atom. The van der Waals surface area contributed by atoms with Gasteiger partial charge in [0, 0.05) is 10.6 Å². The predicted octanol–water partition coefficient (Wildman–Crippen LogP) is 5.12. The molecule has 0 atom stereocenters. The molecule has 0 unspecified atom stereocenters. The standard InChI is InChI=1S/C20H17ClFNO4S/c1-3-27-18-12(5-4-6-16(18)26-2)9-17-19(24)23(20(25)28-17)11-13-7-8-14(22)10-15(13)21/h4-10H,3,11H2,1-2H3/b17-9-. The minimum Gasteiger partial charge on any atom is -0.493 e. The molecule has 2 aromatic carbocycles. The quantitative estimate of drug-likeness (QED) is 0.606. The van der Waals surface area contributed by atoms with Gasteiger partial charge in [0.15, 0.2) is 11.5 Å². The van der Waals surface area contributed by atoms with Crippen LogP contribution in [0.4, 0.5) is 9.18 Å². The van der Waals surface area contributed by atoms with Crippen LogP contribution in [0.1, 0.15) is 18.1 Å². The molecule has 28 heavy (non-hydrogen) atoms. The largest absolute Gasteiger partial charge is 0.493 e. The van der Waals surface area contributed by atoms with E-state index in [1.54, 1.807) is 24.3 Å². The summed E-state index contributed by atoms with van der Waals surface area (Å²) >= 11 is 6.85. The summed E-state index contributed by atoms with van der Waals surface area (Å²) in [6, 6.07) is 9.15. The Labute approximate surface area is 171 Å². The number of para-hydroxylation sites is 1. The Bertz CT molecular complexity index is 963. The molecule has 1 fully saturated rings. The number of nitrogens with zero attached hydrogens (tertiary/aromatic N) is 1. The summed E-state index contributed by atoms with van der Waals surface area (Å²) in [5.41, 5.74) is 1.12. The van der Waals surface area contributed by atoms with E-state index in [1.807, 2.05) is 6.92 Å². The van der Waals surface area contributed by atoms with Gasteiger partial charge in [-0.3, -0.25) is 14.5 Å². The molecule has 2 amide bonds. The first-order valence-corrected chi connectivity index (χ1v) is 9.63. The first kappa shape index (κ1) is 20.2. The summed E-state index contributed by atoms with van der Waals surface area (Å²) in [7, 11) is 1.53. The summed E-state index contributed by atoms with van der Waals surface area (Å²) < 4.78 is 24.2. The average molecular weight is 422 g/mol. The monoisotopic (exact) mass is 421 g/mol. The smallest absolute Gasteiger partial charge is 0.293 e. The summed E-state index contributed by atoms with van der Waals surface area (Å²) in [6.07, 6.45) is 1.60. The highest BCUT2D eigenvalue weighted by molar-refractivity contribution is 8.18. The van der Waals surface area contributed by atoms with Crippen molar-refractivity contribution >= 4 is 40.6 Å². The molecule has 5 nitrogen and oxygen atoms in total. The minimum absolute atomic E-state index is 0.0302. The fraction of sp³-hybridized carbons (Fsp3) is 0.200. The number of ether oxygens (including phenoxy) is 2. The Kier molecular flexibility index (Phi) is 6.26. The van der Waals surface area contributed by atoms with Crippen molar-refractivity contribution < 1.29 is 23.5 Å². The summed E-state index contributed by atoms with van der Waals surface area (Å²) in [5, 5.41) is -0.257. The molecule has 1 aliphatic heterocycles. The molecule has 2 aromatic rings. The van der Waals surface area contributed by atoms with Crippen molar-refractivity contribution in [2.75, 3.05) is 13.7 Å². The number of hydrogen-bond donors (Lipinski definition) is 0. The van der Waals surface area contributed by atoms with Gasteiger partial charge in [0.25, 0.3) is 11.1 Å². The first-order valence-electron chi connectivity index (χ1n) is 8.43. The van der Waals surface area contributed by atoms with Crippen LogP contribution in [0.5, 0.6) is 11.5 Å². The number of halogens is 2.